The van der Waals surface area contributed by atoms with Crippen LogP contribution in [0.3, 0.4) is 0 Å². The van der Waals surface area contributed by atoms with Crippen molar-refractivity contribution in [2.45, 2.75) is 292 Å². The lowest BCUT2D eigenvalue weighted by atomic mass is 9.60. The van der Waals surface area contributed by atoms with Gasteiger partial charge in [0.25, 0.3) is 0 Å². The summed E-state index contributed by atoms with van der Waals surface area (Å²) in [5.41, 5.74) is 13.5. The van der Waals surface area contributed by atoms with E-state index in [2.05, 4.69) is 419 Å². The first-order valence-electron chi connectivity index (χ1n) is 35.9. The Morgan fingerprint density at radius 1 is 0.366 bits per heavy atom. The summed E-state index contributed by atoms with van der Waals surface area (Å²) < 4.78 is 5.37. The average Bonchev–Trinajstić information content (AvgIpc) is 1.47. The third kappa shape index (κ3) is 30.8. The number of hydrogen-bond donors (Lipinski definition) is 0. The first-order chi connectivity index (χ1) is 42.0. The van der Waals surface area contributed by atoms with Gasteiger partial charge in [0, 0.05) is 10.8 Å². The molecule has 1 aliphatic carbocycles. The first kappa shape index (κ1) is 88.1. The molecule has 1 atom stereocenters. The predicted molar refractivity (Wildman–Crippen MR) is 422 cm³/mol. The Kier molecular flexibility index (Phi) is 34.5. The van der Waals surface area contributed by atoms with E-state index >= 15 is 0 Å². The standard InChI is InChI=1S/2C18H22.C13H20O.C12H18.C10H20.C8H18.C7H16.C6H14/c2*1-17(2,3)18(4,15-11-7-5-8-12-15)16-13-9-6-10-14-16;1-10-6-7-11(9-13(2,3)4)12(8-10)14-5;1-10(12(2,3)4)11-8-6-5-7-9-11;1-9(2,3)10(4,5)8-6-7-8;1-7(2,3)8(4,5)6;1-6(2)7(3,4)5;1-5-6(2,3)4/h2*5-14H,1-4H3;6-8H,9H2,1-5H3;5-10H,1-4H3;8H,6-7H2,1-5H3;1-6H3;6H,1-5H3;5H2,1-4H3. The topological polar surface area (TPSA) is 9.23 Å². The van der Waals surface area contributed by atoms with Gasteiger partial charge >= 0.3 is 0 Å². The number of methoxy groups -OCH3 is 1. The van der Waals surface area contributed by atoms with Crippen LogP contribution < -0.4 is 4.74 Å². The SMILES string of the molecule is CC(C)(C)C(C)(C)C.CC(C)(C)C(C)(C)C1CC1.CC(C)(C)C(C)(c1ccccc1)c1ccccc1.CC(C)(C)C(C)(c1ccccc1)c1ccccc1.CC(C)C(C)(C)C.CC(c1ccccc1)C(C)(C)C.CCC(C)(C)C.COc1cc(C)ccc1CC(C)(C)C. The van der Waals surface area contributed by atoms with Crippen molar-refractivity contribution in [1.29, 1.82) is 0 Å². The Morgan fingerprint density at radius 2 is 0.645 bits per heavy atom. The fourth-order valence-electron chi connectivity index (χ4n) is 9.38. The molecule has 0 heterocycles. The third-order valence-corrected chi connectivity index (χ3v) is 21.7. The van der Waals surface area contributed by atoms with Crippen LogP contribution in [0.2, 0.25) is 0 Å². The summed E-state index contributed by atoms with van der Waals surface area (Å²) in [5.74, 6) is 3.44. The van der Waals surface area contributed by atoms with Crippen molar-refractivity contribution in [1.82, 2.24) is 0 Å². The van der Waals surface area contributed by atoms with Crippen molar-refractivity contribution in [2.24, 2.45) is 66.0 Å². The highest BCUT2D eigenvalue weighted by Crippen LogP contribution is 2.54. The molecule has 0 saturated heterocycles. The van der Waals surface area contributed by atoms with E-state index in [1.807, 2.05) is 0 Å². The molecule has 0 radical (unpaired) electrons. The van der Waals surface area contributed by atoms with Gasteiger partial charge in [-0.3, -0.25) is 0 Å². The Morgan fingerprint density at radius 3 is 0.828 bits per heavy atom. The first-order valence-corrected chi connectivity index (χ1v) is 35.9. The maximum absolute atomic E-state index is 5.37. The van der Waals surface area contributed by atoms with E-state index in [1.54, 1.807) is 7.11 Å². The van der Waals surface area contributed by atoms with Gasteiger partial charge in [-0.1, -0.05) is 413 Å². The van der Waals surface area contributed by atoms with Crippen molar-refractivity contribution in [3.05, 3.63) is 209 Å². The lowest BCUT2D eigenvalue weighted by molar-refractivity contribution is 0.103. The number of hydrogen-bond acceptors (Lipinski definition) is 1. The van der Waals surface area contributed by atoms with Gasteiger partial charge in [0.2, 0.25) is 0 Å². The van der Waals surface area contributed by atoms with E-state index in [0.29, 0.717) is 49.2 Å². The lowest BCUT2D eigenvalue weighted by Crippen LogP contribution is -2.38. The van der Waals surface area contributed by atoms with E-state index in [0.717, 1.165) is 24.0 Å². The molecule has 1 saturated carbocycles. The number of ether oxygens (including phenoxy) is 1. The zero-order chi connectivity index (χ0) is 72.7. The number of rotatable bonds is 8. The molecule has 1 unspecified atom stereocenters. The molecule has 6 aromatic carbocycles. The molecule has 6 aromatic rings. The molecular weight excluding hydrogens is 1120 g/mol. The van der Waals surface area contributed by atoms with Crippen LogP contribution in [0.1, 0.15) is 306 Å². The van der Waals surface area contributed by atoms with Crippen LogP contribution in [-0.4, -0.2) is 7.11 Å². The van der Waals surface area contributed by atoms with E-state index < -0.39 is 0 Å². The average molecular weight is 1270 g/mol. The highest BCUT2D eigenvalue weighted by molar-refractivity contribution is 5.42. The van der Waals surface area contributed by atoms with Crippen molar-refractivity contribution in [3.63, 3.8) is 0 Å². The largest absolute Gasteiger partial charge is 0.496 e. The molecule has 1 fully saturated rings. The zero-order valence-corrected chi connectivity index (χ0v) is 68.1. The summed E-state index contributed by atoms with van der Waals surface area (Å²) in [5, 5.41) is 0. The molecule has 524 valence electrons. The van der Waals surface area contributed by atoms with Gasteiger partial charge in [0.15, 0.2) is 0 Å². The van der Waals surface area contributed by atoms with Gasteiger partial charge in [-0.15, -0.1) is 0 Å². The van der Waals surface area contributed by atoms with Crippen molar-refractivity contribution < 1.29 is 4.74 Å². The van der Waals surface area contributed by atoms with Gasteiger partial charge in [0.1, 0.15) is 5.75 Å². The van der Waals surface area contributed by atoms with Gasteiger partial charge in [-0.25, -0.2) is 0 Å². The molecule has 0 aliphatic heterocycles. The minimum atomic E-state index is 0.0233. The second-order valence-electron chi connectivity index (χ2n) is 37.9. The quantitative estimate of drug-likeness (QED) is 0.148. The van der Waals surface area contributed by atoms with E-state index in [-0.39, 0.29) is 21.7 Å². The lowest BCUT2D eigenvalue weighted by Gasteiger charge is -2.43. The minimum absolute atomic E-state index is 0.0233. The Balaban J connectivity index is 0.00000107. The predicted octanol–water partition coefficient (Wildman–Crippen LogP) is 29.2. The fourth-order valence-corrected chi connectivity index (χ4v) is 9.38. The molecule has 0 bridgehead atoms. The zero-order valence-electron chi connectivity index (χ0n) is 68.1. The van der Waals surface area contributed by atoms with Crippen LogP contribution in [0.25, 0.3) is 0 Å². The van der Waals surface area contributed by atoms with E-state index in [4.69, 9.17) is 4.74 Å². The van der Waals surface area contributed by atoms with Gasteiger partial charge in [-0.2, -0.15) is 0 Å². The molecular formula is C92H150O. The summed E-state index contributed by atoms with van der Waals surface area (Å²) in [7, 11) is 1.74. The fraction of sp³-hybridized carbons (Fsp3) is 0.609. The Hall–Kier alpha value is -4.88. The Bertz CT molecular complexity index is 2700. The molecule has 0 spiro atoms. The molecule has 1 nitrogen and oxygen atoms in total. The minimum Gasteiger partial charge on any atom is -0.496 e. The van der Waals surface area contributed by atoms with Gasteiger partial charge in [0.05, 0.1) is 7.11 Å². The van der Waals surface area contributed by atoms with Crippen LogP contribution in [0.15, 0.2) is 170 Å². The van der Waals surface area contributed by atoms with Crippen LogP contribution in [0.5, 0.6) is 5.75 Å². The smallest absolute Gasteiger partial charge is 0.122 e. The van der Waals surface area contributed by atoms with Crippen LogP contribution in [0.4, 0.5) is 0 Å². The van der Waals surface area contributed by atoms with Crippen LogP contribution in [0, 0.1) is 72.9 Å². The van der Waals surface area contributed by atoms with Crippen molar-refractivity contribution in [3.8, 4) is 5.75 Å². The van der Waals surface area contributed by atoms with E-state index in [1.165, 1.54) is 58.2 Å². The van der Waals surface area contributed by atoms with Crippen molar-refractivity contribution in [2.75, 3.05) is 7.11 Å². The van der Waals surface area contributed by atoms with Crippen LogP contribution >= 0.6 is 0 Å². The summed E-state index contributed by atoms with van der Waals surface area (Å²) in [6.45, 7) is 82.2. The monoisotopic (exact) mass is 1270 g/mol. The number of benzene rings is 6. The van der Waals surface area contributed by atoms with Crippen LogP contribution in [-0.2, 0) is 17.3 Å². The van der Waals surface area contributed by atoms with Gasteiger partial charge in [-0.05, 0) is 143 Å². The maximum Gasteiger partial charge on any atom is 0.122 e. The van der Waals surface area contributed by atoms with Gasteiger partial charge < -0.3 is 4.74 Å². The summed E-state index contributed by atoms with van der Waals surface area (Å²) in [4.78, 5) is 0. The normalized spacial score (nSPS) is 13.7. The molecule has 93 heavy (non-hydrogen) atoms. The second-order valence-corrected chi connectivity index (χ2v) is 37.9. The molecule has 1 heteroatoms. The molecule has 0 amide bonds. The molecule has 1 aliphatic rings. The van der Waals surface area contributed by atoms with Crippen molar-refractivity contribution >= 4 is 0 Å². The maximum atomic E-state index is 5.37. The Labute approximate surface area is 580 Å². The highest BCUT2D eigenvalue weighted by atomic mass is 16.5. The summed E-state index contributed by atoms with van der Waals surface area (Å²) >= 11 is 0. The third-order valence-electron chi connectivity index (χ3n) is 21.7. The summed E-state index contributed by atoms with van der Waals surface area (Å²) in [6.07, 6.45) is 5.25. The molecule has 7 rings (SSSR count). The number of aryl methyl sites for hydroxylation is 1. The molecule has 0 aromatic heterocycles. The summed E-state index contributed by atoms with van der Waals surface area (Å²) in [6, 6.07) is 60.3. The van der Waals surface area contributed by atoms with E-state index in [9.17, 15) is 0 Å². The molecule has 0 N–H and O–H groups in total. The second kappa shape index (κ2) is 36.5. The highest BCUT2D eigenvalue weighted by Gasteiger charge is 2.45.